The number of methoxy groups -OCH3 is 2. The molecule has 1 fully saturated rings. The molecule has 0 heterocycles. The van der Waals surface area contributed by atoms with E-state index >= 15 is 0 Å². The average molecular weight is 279 g/mol. The molecule has 0 unspecified atom stereocenters. The molecule has 4 nitrogen and oxygen atoms in total. The van der Waals surface area contributed by atoms with Gasteiger partial charge in [-0.15, -0.1) is 0 Å². The van der Waals surface area contributed by atoms with Gasteiger partial charge in [-0.05, 0) is 36.5 Å². The second kappa shape index (κ2) is 6.95. The third-order valence-corrected chi connectivity index (χ3v) is 4.26. The highest BCUT2D eigenvalue weighted by molar-refractivity contribution is 5.40. The van der Waals surface area contributed by atoms with E-state index in [-0.39, 0.29) is 0 Å². The summed E-state index contributed by atoms with van der Waals surface area (Å²) in [5.74, 6) is 1.70. The standard InChI is InChI=1S/C16H25NO3/c1-19-13-8-12(9-14(10-13)20-2)15(17)16(18)11-6-4-3-5-7-11/h8-11,15-16,18H,3-7,17H2,1-2H3/t15-,16+/m1/s1. The lowest BCUT2D eigenvalue weighted by atomic mass is 9.81. The topological polar surface area (TPSA) is 64.7 Å². The van der Waals surface area contributed by atoms with Crippen molar-refractivity contribution in [3.8, 4) is 11.5 Å². The Hall–Kier alpha value is -1.26. The number of benzene rings is 1. The van der Waals surface area contributed by atoms with Crippen LogP contribution in [-0.4, -0.2) is 25.4 Å². The molecule has 4 heteroatoms. The highest BCUT2D eigenvalue weighted by Crippen LogP contribution is 2.33. The van der Waals surface area contributed by atoms with Crippen molar-refractivity contribution in [3.63, 3.8) is 0 Å². The number of hydrogen-bond donors (Lipinski definition) is 2. The monoisotopic (exact) mass is 279 g/mol. The van der Waals surface area contributed by atoms with Gasteiger partial charge in [-0.1, -0.05) is 19.3 Å². The van der Waals surface area contributed by atoms with Gasteiger partial charge in [-0.2, -0.15) is 0 Å². The molecule has 0 bridgehead atoms. The van der Waals surface area contributed by atoms with Gasteiger partial charge >= 0.3 is 0 Å². The smallest absolute Gasteiger partial charge is 0.122 e. The maximum atomic E-state index is 10.5. The van der Waals surface area contributed by atoms with Crippen LogP contribution in [0.5, 0.6) is 11.5 Å². The molecule has 0 saturated heterocycles. The van der Waals surface area contributed by atoms with Crippen LogP contribution in [0, 0.1) is 5.92 Å². The quantitative estimate of drug-likeness (QED) is 0.869. The molecule has 112 valence electrons. The second-order valence-corrected chi connectivity index (χ2v) is 5.56. The third kappa shape index (κ3) is 3.44. The number of ether oxygens (including phenoxy) is 2. The number of hydrogen-bond acceptors (Lipinski definition) is 4. The van der Waals surface area contributed by atoms with Crippen molar-refractivity contribution in [2.24, 2.45) is 11.7 Å². The van der Waals surface area contributed by atoms with Crippen LogP contribution >= 0.6 is 0 Å². The average Bonchev–Trinajstić information content (AvgIpc) is 2.53. The molecule has 3 N–H and O–H groups in total. The first-order chi connectivity index (χ1) is 9.65. The summed E-state index contributed by atoms with van der Waals surface area (Å²) in [6.45, 7) is 0. The molecule has 1 aliphatic carbocycles. The lowest BCUT2D eigenvalue weighted by Crippen LogP contribution is -2.34. The van der Waals surface area contributed by atoms with Crippen molar-refractivity contribution in [2.75, 3.05) is 14.2 Å². The molecule has 0 radical (unpaired) electrons. The summed E-state index contributed by atoms with van der Waals surface area (Å²) < 4.78 is 10.5. The minimum absolute atomic E-state index is 0.302. The predicted molar refractivity (Wildman–Crippen MR) is 79.1 cm³/mol. The minimum atomic E-state index is -0.507. The molecule has 20 heavy (non-hydrogen) atoms. The van der Waals surface area contributed by atoms with Crippen molar-refractivity contribution in [2.45, 2.75) is 44.2 Å². The van der Waals surface area contributed by atoms with E-state index in [9.17, 15) is 5.11 Å². The Bertz CT molecular complexity index is 407. The zero-order valence-corrected chi connectivity index (χ0v) is 12.3. The Morgan fingerprint density at radius 3 is 2.10 bits per heavy atom. The van der Waals surface area contributed by atoms with Crippen LogP contribution in [-0.2, 0) is 0 Å². The molecule has 0 amide bonds. The number of nitrogens with two attached hydrogens (primary N) is 1. The second-order valence-electron chi connectivity index (χ2n) is 5.56. The summed E-state index contributed by atoms with van der Waals surface area (Å²) in [6, 6.07) is 5.16. The van der Waals surface area contributed by atoms with Crippen molar-refractivity contribution in [3.05, 3.63) is 23.8 Å². The Balaban J connectivity index is 2.16. The van der Waals surface area contributed by atoms with Gasteiger partial charge in [-0.25, -0.2) is 0 Å². The molecule has 1 aromatic carbocycles. The lowest BCUT2D eigenvalue weighted by Gasteiger charge is -2.30. The van der Waals surface area contributed by atoms with Gasteiger partial charge in [0.25, 0.3) is 0 Å². The van der Waals surface area contributed by atoms with E-state index in [1.807, 2.05) is 18.2 Å². The predicted octanol–water partition coefficient (Wildman–Crippen LogP) is 2.64. The fraction of sp³-hybridized carbons (Fsp3) is 0.625. The van der Waals surface area contributed by atoms with E-state index in [0.717, 1.165) is 18.4 Å². The van der Waals surface area contributed by atoms with Crippen molar-refractivity contribution >= 4 is 0 Å². The molecule has 1 aliphatic rings. The molecule has 0 spiro atoms. The first kappa shape index (κ1) is 15.1. The normalized spacial score (nSPS) is 19.4. The van der Waals surface area contributed by atoms with E-state index in [2.05, 4.69) is 0 Å². The lowest BCUT2D eigenvalue weighted by molar-refractivity contribution is 0.0617. The van der Waals surface area contributed by atoms with E-state index in [1.54, 1.807) is 14.2 Å². The molecular weight excluding hydrogens is 254 g/mol. The maximum absolute atomic E-state index is 10.5. The third-order valence-electron chi connectivity index (χ3n) is 4.26. The Kier molecular flexibility index (Phi) is 5.26. The number of aliphatic hydroxyl groups excluding tert-OH is 1. The number of aliphatic hydroxyl groups is 1. The summed E-state index contributed by atoms with van der Waals surface area (Å²) in [5.41, 5.74) is 7.12. The van der Waals surface area contributed by atoms with Crippen molar-refractivity contribution in [1.82, 2.24) is 0 Å². The van der Waals surface area contributed by atoms with Gasteiger partial charge in [0.1, 0.15) is 11.5 Å². The first-order valence-corrected chi connectivity index (χ1v) is 7.32. The van der Waals surface area contributed by atoms with Crippen LogP contribution in [0.1, 0.15) is 43.7 Å². The summed E-state index contributed by atoms with van der Waals surface area (Å²) in [7, 11) is 3.23. The zero-order chi connectivity index (χ0) is 14.5. The molecule has 1 saturated carbocycles. The molecule has 0 aliphatic heterocycles. The fourth-order valence-corrected chi connectivity index (χ4v) is 2.99. The van der Waals surface area contributed by atoms with Gasteiger partial charge in [-0.3, -0.25) is 0 Å². The van der Waals surface area contributed by atoms with Gasteiger partial charge in [0.2, 0.25) is 0 Å². The molecular formula is C16H25NO3. The Morgan fingerprint density at radius 1 is 1.05 bits per heavy atom. The fourth-order valence-electron chi connectivity index (χ4n) is 2.99. The maximum Gasteiger partial charge on any atom is 0.122 e. The zero-order valence-electron chi connectivity index (χ0n) is 12.3. The van der Waals surface area contributed by atoms with Crippen LogP contribution in [0.25, 0.3) is 0 Å². The van der Waals surface area contributed by atoms with Crippen LogP contribution in [0.15, 0.2) is 18.2 Å². The van der Waals surface area contributed by atoms with E-state index in [4.69, 9.17) is 15.2 Å². The van der Waals surface area contributed by atoms with E-state index in [0.29, 0.717) is 17.4 Å². The summed E-state index contributed by atoms with van der Waals surface area (Å²) in [4.78, 5) is 0. The van der Waals surface area contributed by atoms with Crippen molar-refractivity contribution in [1.29, 1.82) is 0 Å². The summed E-state index contributed by atoms with van der Waals surface area (Å²) in [6.07, 6.45) is 5.27. The molecule has 1 aromatic rings. The minimum Gasteiger partial charge on any atom is -0.497 e. The van der Waals surface area contributed by atoms with Crippen LogP contribution in [0.2, 0.25) is 0 Å². The Morgan fingerprint density at radius 2 is 1.60 bits per heavy atom. The molecule has 2 rings (SSSR count). The van der Waals surface area contributed by atoms with Crippen LogP contribution < -0.4 is 15.2 Å². The summed E-state index contributed by atoms with van der Waals surface area (Å²) >= 11 is 0. The highest BCUT2D eigenvalue weighted by Gasteiger charge is 2.28. The van der Waals surface area contributed by atoms with E-state index in [1.165, 1.54) is 19.3 Å². The van der Waals surface area contributed by atoms with Crippen molar-refractivity contribution < 1.29 is 14.6 Å². The highest BCUT2D eigenvalue weighted by atomic mass is 16.5. The van der Waals surface area contributed by atoms with Gasteiger partial charge in [0.05, 0.1) is 26.4 Å². The van der Waals surface area contributed by atoms with Crippen LogP contribution in [0.4, 0.5) is 0 Å². The largest absolute Gasteiger partial charge is 0.497 e. The van der Waals surface area contributed by atoms with Gasteiger partial charge in [0, 0.05) is 6.07 Å². The molecule has 0 aromatic heterocycles. The molecule has 2 atom stereocenters. The number of rotatable bonds is 5. The van der Waals surface area contributed by atoms with Gasteiger partial charge < -0.3 is 20.3 Å². The van der Waals surface area contributed by atoms with Gasteiger partial charge in [0.15, 0.2) is 0 Å². The Labute approximate surface area is 120 Å². The van der Waals surface area contributed by atoms with E-state index < -0.39 is 12.1 Å². The SMILES string of the molecule is COc1cc(OC)cc([C@@H](N)[C@@H](O)C2CCCCC2)c1. The van der Waals surface area contributed by atoms with Crippen LogP contribution in [0.3, 0.4) is 0 Å². The summed E-state index contributed by atoms with van der Waals surface area (Å²) in [5, 5.41) is 10.5. The first-order valence-electron chi connectivity index (χ1n) is 7.32.